The molecule has 1 aliphatic heterocycles. The smallest absolute Gasteiger partial charge is 0.322 e. The van der Waals surface area contributed by atoms with Gasteiger partial charge in [0.15, 0.2) is 5.17 Å². The molecule has 0 saturated heterocycles. The van der Waals surface area contributed by atoms with Crippen LogP contribution >= 0.6 is 11.8 Å². The lowest BCUT2D eigenvalue weighted by atomic mass is 10.8. The van der Waals surface area contributed by atoms with Crippen LogP contribution in [0.3, 0.4) is 0 Å². The van der Waals surface area contributed by atoms with E-state index < -0.39 is 0 Å². The van der Waals surface area contributed by atoms with E-state index in [1.54, 1.807) is 14.1 Å². The summed E-state index contributed by atoms with van der Waals surface area (Å²) in [6.07, 6.45) is 0. The highest BCUT2D eigenvalue weighted by Gasteiger charge is 2.16. The highest BCUT2D eigenvalue weighted by molar-refractivity contribution is 8.14. The fraction of sp³-hybridized carbons (Fsp3) is 0.600. The van der Waals surface area contributed by atoms with Crippen molar-refractivity contribution < 1.29 is 4.79 Å². The second kappa shape index (κ2) is 3.47. The molecule has 11 heavy (non-hydrogen) atoms. The zero-order chi connectivity index (χ0) is 8.27. The zero-order valence-corrected chi connectivity index (χ0v) is 7.23. The fourth-order valence-corrected chi connectivity index (χ4v) is 1.32. The Labute approximate surface area is 69.2 Å². The van der Waals surface area contributed by atoms with Crippen LogP contribution in [0.25, 0.3) is 0 Å². The first-order valence-electron chi connectivity index (χ1n) is 3.14. The van der Waals surface area contributed by atoms with Gasteiger partial charge in [0.25, 0.3) is 0 Å². The van der Waals surface area contributed by atoms with Crippen LogP contribution in [0.5, 0.6) is 0 Å². The van der Waals surface area contributed by atoms with Crippen molar-refractivity contribution in [3.05, 3.63) is 0 Å². The minimum Gasteiger partial charge on any atom is -0.341 e. The molecule has 0 saturated carbocycles. The number of carbonyl (C=O) groups is 1. The Kier molecular flexibility index (Phi) is 2.58. The van der Waals surface area contributed by atoms with Gasteiger partial charge in [-0.05, 0) is 0 Å². The van der Waals surface area contributed by atoms with Crippen LogP contribution in [0.2, 0.25) is 0 Å². The second-order valence-corrected chi connectivity index (χ2v) is 2.90. The van der Waals surface area contributed by atoms with Crippen LogP contribution in [0.15, 0.2) is 5.10 Å². The van der Waals surface area contributed by atoms with Crippen LogP contribution in [-0.2, 0) is 0 Å². The van der Waals surface area contributed by atoms with Gasteiger partial charge >= 0.3 is 6.03 Å². The topological polar surface area (TPSA) is 56.7 Å². The molecule has 0 unspecified atom stereocenters. The largest absolute Gasteiger partial charge is 0.341 e. The van der Waals surface area contributed by atoms with Crippen LogP contribution in [0, 0.1) is 0 Å². The SMILES string of the molecule is CNC(=O)N(C)C1=NNCS1. The van der Waals surface area contributed by atoms with Crippen molar-refractivity contribution in [1.29, 1.82) is 0 Å². The molecule has 0 fully saturated rings. The molecule has 0 bridgehead atoms. The van der Waals surface area contributed by atoms with Crippen molar-refractivity contribution in [2.45, 2.75) is 0 Å². The molecule has 2 N–H and O–H groups in total. The van der Waals surface area contributed by atoms with Crippen LogP contribution < -0.4 is 10.7 Å². The van der Waals surface area contributed by atoms with Gasteiger partial charge in [0.05, 0.1) is 5.88 Å². The summed E-state index contributed by atoms with van der Waals surface area (Å²) < 4.78 is 0. The highest BCUT2D eigenvalue weighted by Crippen LogP contribution is 2.10. The Balaban J connectivity index is 2.52. The van der Waals surface area contributed by atoms with E-state index >= 15 is 0 Å². The number of rotatable bonds is 0. The maximum Gasteiger partial charge on any atom is 0.322 e. The summed E-state index contributed by atoms with van der Waals surface area (Å²) in [5.74, 6) is 0.733. The first-order chi connectivity index (χ1) is 5.25. The van der Waals surface area contributed by atoms with Crippen molar-refractivity contribution in [3.63, 3.8) is 0 Å². The van der Waals surface area contributed by atoms with Gasteiger partial charge in [-0.3, -0.25) is 10.3 Å². The van der Waals surface area contributed by atoms with E-state index in [4.69, 9.17) is 0 Å². The molecule has 0 radical (unpaired) electrons. The third-order valence-corrected chi connectivity index (χ3v) is 2.14. The summed E-state index contributed by atoms with van der Waals surface area (Å²) in [4.78, 5) is 12.5. The number of hydrogen-bond donors (Lipinski definition) is 2. The summed E-state index contributed by atoms with van der Waals surface area (Å²) in [6.45, 7) is 0. The van der Waals surface area contributed by atoms with Gasteiger partial charge in [0, 0.05) is 14.1 Å². The third kappa shape index (κ3) is 1.76. The first kappa shape index (κ1) is 8.19. The molecule has 2 amide bonds. The van der Waals surface area contributed by atoms with Crippen molar-refractivity contribution in [2.24, 2.45) is 5.10 Å². The standard InChI is InChI=1S/C5H10N4OS/c1-6-4(10)9(2)5-8-7-3-11-5/h7H,3H2,1-2H3,(H,6,10). The minimum atomic E-state index is -0.153. The zero-order valence-electron chi connectivity index (χ0n) is 6.42. The number of hydrazone groups is 1. The number of amidine groups is 1. The van der Waals surface area contributed by atoms with E-state index in [9.17, 15) is 4.79 Å². The Morgan fingerprint density at radius 2 is 2.64 bits per heavy atom. The summed E-state index contributed by atoms with van der Waals surface area (Å²) in [6, 6.07) is -0.153. The lowest BCUT2D eigenvalue weighted by molar-refractivity contribution is 0.229. The summed E-state index contributed by atoms with van der Waals surface area (Å²) >= 11 is 1.50. The van der Waals surface area contributed by atoms with E-state index in [0.29, 0.717) is 5.17 Å². The number of hydrogen-bond acceptors (Lipinski definition) is 4. The molecule has 6 heteroatoms. The van der Waals surface area contributed by atoms with Gasteiger partial charge in [0.2, 0.25) is 0 Å². The molecule has 1 aliphatic rings. The fourth-order valence-electron chi connectivity index (χ4n) is 0.655. The molecular weight excluding hydrogens is 164 g/mol. The normalized spacial score (nSPS) is 15.3. The molecule has 0 aliphatic carbocycles. The van der Waals surface area contributed by atoms with Crippen molar-refractivity contribution in [2.75, 3.05) is 20.0 Å². The third-order valence-electron chi connectivity index (χ3n) is 1.25. The Bertz CT molecular complexity index is 193. The highest BCUT2D eigenvalue weighted by atomic mass is 32.2. The lowest BCUT2D eigenvalue weighted by Gasteiger charge is -2.13. The first-order valence-corrected chi connectivity index (χ1v) is 4.13. The maximum absolute atomic E-state index is 11.0. The van der Waals surface area contributed by atoms with Crippen molar-refractivity contribution >= 4 is 23.0 Å². The summed E-state index contributed by atoms with van der Waals surface area (Å²) in [5, 5.41) is 7.10. The van der Waals surface area contributed by atoms with Crippen LogP contribution in [-0.4, -0.2) is 36.1 Å². The molecule has 0 atom stereocenters. The second-order valence-electron chi connectivity index (χ2n) is 1.96. The number of thioether (sulfide) groups is 1. The summed E-state index contributed by atoms with van der Waals surface area (Å²) in [7, 11) is 3.27. The number of nitrogens with zero attached hydrogens (tertiary/aromatic N) is 2. The van der Waals surface area contributed by atoms with E-state index in [1.807, 2.05) is 0 Å². The predicted octanol–water partition coefficient (Wildman–Crippen LogP) is -0.178. The molecule has 0 aromatic heterocycles. The van der Waals surface area contributed by atoms with Gasteiger partial charge in [-0.2, -0.15) is 5.10 Å². The molecule has 62 valence electrons. The molecule has 0 spiro atoms. The van der Waals surface area contributed by atoms with Gasteiger partial charge < -0.3 is 5.32 Å². The monoisotopic (exact) mass is 174 g/mol. The number of nitrogens with one attached hydrogen (secondary N) is 2. The van der Waals surface area contributed by atoms with Crippen molar-refractivity contribution in [1.82, 2.24) is 15.6 Å². The molecule has 0 aromatic rings. The van der Waals surface area contributed by atoms with Gasteiger partial charge in [-0.15, -0.1) is 0 Å². The quantitative estimate of drug-likeness (QED) is 0.535. The average molecular weight is 174 g/mol. The Hall–Kier alpha value is -0.910. The van der Waals surface area contributed by atoms with E-state index in [1.165, 1.54) is 16.7 Å². The predicted molar refractivity (Wildman–Crippen MR) is 45.2 cm³/mol. The molecule has 1 heterocycles. The average Bonchev–Trinajstić information content (AvgIpc) is 2.53. The van der Waals surface area contributed by atoms with E-state index in [-0.39, 0.29) is 6.03 Å². The molecule has 1 rings (SSSR count). The Morgan fingerprint density at radius 1 is 1.91 bits per heavy atom. The Morgan fingerprint density at radius 3 is 3.09 bits per heavy atom. The summed E-state index contributed by atoms with van der Waals surface area (Å²) in [5.41, 5.74) is 2.76. The van der Waals surface area contributed by atoms with Gasteiger partial charge in [-0.1, -0.05) is 11.8 Å². The molecule has 5 nitrogen and oxygen atoms in total. The molecule has 0 aromatic carbocycles. The number of carbonyl (C=O) groups excluding carboxylic acids is 1. The van der Waals surface area contributed by atoms with Gasteiger partial charge in [-0.25, -0.2) is 4.79 Å². The number of urea groups is 1. The minimum absolute atomic E-state index is 0.153. The van der Waals surface area contributed by atoms with Crippen LogP contribution in [0.1, 0.15) is 0 Å². The lowest BCUT2D eigenvalue weighted by Crippen LogP contribution is -2.37. The maximum atomic E-state index is 11.0. The van der Waals surface area contributed by atoms with Crippen molar-refractivity contribution in [3.8, 4) is 0 Å². The van der Waals surface area contributed by atoms with Gasteiger partial charge in [0.1, 0.15) is 0 Å². The molecular formula is C5H10N4OS. The number of amides is 2. The van der Waals surface area contributed by atoms with Crippen LogP contribution in [0.4, 0.5) is 4.79 Å². The van der Waals surface area contributed by atoms with E-state index in [0.717, 1.165) is 5.88 Å². The van der Waals surface area contributed by atoms with E-state index in [2.05, 4.69) is 15.8 Å².